The molecule has 0 aliphatic carbocycles. The summed E-state index contributed by atoms with van der Waals surface area (Å²) in [6, 6.07) is 15.6. The highest BCUT2D eigenvalue weighted by atomic mass is 127. The Balaban J connectivity index is 1.52. The van der Waals surface area contributed by atoms with E-state index in [9.17, 15) is 18.0 Å². The van der Waals surface area contributed by atoms with Crippen molar-refractivity contribution in [2.75, 3.05) is 19.8 Å². The number of carbonyl (C=O) groups is 2. The summed E-state index contributed by atoms with van der Waals surface area (Å²) in [5.41, 5.74) is 3.61. The molecule has 1 heterocycles. The molecule has 2 amide bonds. The first-order chi connectivity index (χ1) is 19.9. The summed E-state index contributed by atoms with van der Waals surface area (Å²) >= 11 is 2.81. The van der Waals surface area contributed by atoms with E-state index in [1.165, 1.54) is 17.0 Å². The number of amides is 2. The fourth-order valence-corrected chi connectivity index (χ4v) is 6.92. The van der Waals surface area contributed by atoms with Crippen LogP contribution in [0.3, 0.4) is 0 Å². The summed E-state index contributed by atoms with van der Waals surface area (Å²) in [6.07, 6.45) is 1.59. The van der Waals surface area contributed by atoms with Crippen LogP contribution in [-0.2, 0) is 14.9 Å². The van der Waals surface area contributed by atoms with Crippen molar-refractivity contribution in [2.45, 2.75) is 45.4 Å². The van der Waals surface area contributed by atoms with Gasteiger partial charge in [-0.05, 0) is 114 Å². The van der Waals surface area contributed by atoms with Gasteiger partial charge >= 0.3 is 10.1 Å². The van der Waals surface area contributed by atoms with Crippen LogP contribution in [0.5, 0.6) is 17.2 Å². The smallest absolute Gasteiger partial charge is 0.339 e. The number of hydrogen-bond donors (Lipinski definition) is 0. The van der Waals surface area contributed by atoms with E-state index in [4.69, 9.17) is 13.7 Å². The van der Waals surface area contributed by atoms with Crippen LogP contribution >= 0.6 is 34.4 Å². The molecule has 42 heavy (non-hydrogen) atoms. The Bertz CT molecular complexity index is 1630. The molecule has 0 atom stereocenters. The molecule has 0 bridgehead atoms. The summed E-state index contributed by atoms with van der Waals surface area (Å²) in [5.74, 6) is 0.856. The minimum absolute atomic E-state index is 0.0240. The number of halogens is 1. The van der Waals surface area contributed by atoms with Gasteiger partial charge in [-0.25, -0.2) is 0 Å². The van der Waals surface area contributed by atoms with E-state index in [0.29, 0.717) is 9.13 Å². The summed E-state index contributed by atoms with van der Waals surface area (Å²) in [7, 11) is -4.11. The lowest BCUT2D eigenvalue weighted by Crippen LogP contribution is -2.32. The Morgan fingerprint density at radius 3 is 2.31 bits per heavy atom. The standard InChI is InChI=1S/C31H32INO7S2/c1-6-38-27-17-22(16-25(32)29(27)40-42(36,37)23-10-7-20(4)8-11-23)18-28-30(34)33(31(35)41-28)13-14-39-26-15-21(5)9-12-24(26)19(2)3/h7-12,15-19H,6,13-14H2,1-5H3/b28-18-. The molecule has 222 valence electrons. The van der Waals surface area contributed by atoms with Gasteiger partial charge in [0.05, 0.1) is 21.6 Å². The number of hydrogen-bond acceptors (Lipinski definition) is 8. The zero-order valence-corrected chi connectivity index (χ0v) is 27.8. The molecule has 4 rings (SSSR count). The Morgan fingerprint density at radius 2 is 1.64 bits per heavy atom. The van der Waals surface area contributed by atoms with Crippen molar-refractivity contribution in [3.63, 3.8) is 0 Å². The van der Waals surface area contributed by atoms with Crippen LogP contribution in [0.4, 0.5) is 4.79 Å². The molecular weight excluding hydrogens is 689 g/mol. The van der Waals surface area contributed by atoms with Crippen molar-refractivity contribution in [2.24, 2.45) is 0 Å². The molecule has 1 saturated heterocycles. The van der Waals surface area contributed by atoms with Crippen molar-refractivity contribution >= 4 is 61.7 Å². The van der Waals surface area contributed by atoms with Crippen molar-refractivity contribution in [1.29, 1.82) is 0 Å². The largest absolute Gasteiger partial charge is 0.491 e. The van der Waals surface area contributed by atoms with Gasteiger partial charge < -0.3 is 13.7 Å². The Hall–Kier alpha value is -3.03. The SMILES string of the molecule is CCOc1cc(/C=C2\SC(=O)N(CCOc3cc(C)ccc3C(C)C)C2=O)cc(I)c1OS(=O)(=O)c1ccc(C)cc1. The second-order valence-corrected chi connectivity index (χ2v) is 13.7. The first-order valence-electron chi connectivity index (χ1n) is 13.4. The van der Waals surface area contributed by atoms with E-state index < -0.39 is 16.0 Å². The maximum atomic E-state index is 13.1. The fourth-order valence-electron chi connectivity index (χ4n) is 4.21. The monoisotopic (exact) mass is 721 g/mol. The van der Waals surface area contributed by atoms with Gasteiger partial charge in [0.2, 0.25) is 0 Å². The van der Waals surface area contributed by atoms with Crippen LogP contribution in [0, 0.1) is 17.4 Å². The van der Waals surface area contributed by atoms with E-state index >= 15 is 0 Å². The molecule has 0 spiro atoms. The van der Waals surface area contributed by atoms with Gasteiger partial charge in [0.15, 0.2) is 11.5 Å². The minimum Gasteiger partial charge on any atom is -0.491 e. The van der Waals surface area contributed by atoms with Gasteiger partial charge in [-0.15, -0.1) is 0 Å². The lowest BCUT2D eigenvalue weighted by atomic mass is 10.0. The average molecular weight is 722 g/mol. The molecule has 0 aromatic heterocycles. The summed E-state index contributed by atoms with van der Waals surface area (Å²) in [6.45, 7) is 10.3. The van der Waals surface area contributed by atoms with Crippen LogP contribution in [0.25, 0.3) is 6.08 Å². The summed E-state index contributed by atoms with van der Waals surface area (Å²) in [4.78, 5) is 27.3. The van der Waals surface area contributed by atoms with Gasteiger partial charge in [0.25, 0.3) is 11.1 Å². The number of rotatable bonds is 11. The molecular formula is C31H32INO7S2. The van der Waals surface area contributed by atoms with Crippen LogP contribution in [0.15, 0.2) is 64.4 Å². The van der Waals surface area contributed by atoms with Gasteiger partial charge in [-0.2, -0.15) is 8.42 Å². The molecule has 8 nitrogen and oxygen atoms in total. The molecule has 0 N–H and O–H groups in total. The van der Waals surface area contributed by atoms with Crippen LogP contribution < -0.4 is 13.7 Å². The zero-order chi connectivity index (χ0) is 30.6. The topological polar surface area (TPSA) is 99.2 Å². The molecule has 0 saturated carbocycles. The van der Waals surface area contributed by atoms with Crippen molar-refractivity contribution < 1.29 is 31.7 Å². The van der Waals surface area contributed by atoms with E-state index in [-0.39, 0.29) is 52.2 Å². The Kier molecular flexibility index (Phi) is 10.3. The average Bonchev–Trinajstić information content (AvgIpc) is 3.18. The van der Waals surface area contributed by atoms with E-state index in [2.05, 4.69) is 13.8 Å². The third-order valence-corrected chi connectivity index (χ3v) is 9.31. The van der Waals surface area contributed by atoms with Gasteiger partial charge in [-0.1, -0.05) is 43.7 Å². The summed E-state index contributed by atoms with van der Waals surface area (Å²) in [5, 5.41) is -0.382. The number of aryl methyl sites for hydroxylation is 2. The Morgan fingerprint density at radius 1 is 0.952 bits per heavy atom. The van der Waals surface area contributed by atoms with Crippen molar-refractivity contribution in [3.05, 3.63) is 85.3 Å². The Labute approximate surface area is 264 Å². The van der Waals surface area contributed by atoms with Crippen LogP contribution in [0.2, 0.25) is 0 Å². The quantitative estimate of drug-likeness (QED) is 0.116. The molecule has 1 aliphatic heterocycles. The van der Waals surface area contributed by atoms with Gasteiger partial charge in [-0.3, -0.25) is 14.5 Å². The first-order valence-corrected chi connectivity index (χ1v) is 16.7. The molecule has 3 aromatic rings. The molecule has 0 radical (unpaired) electrons. The number of thioether (sulfide) groups is 1. The molecule has 1 aliphatic rings. The van der Waals surface area contributed by atoms with Crippen LogP contribution in [0.1, 0.15) is 48.9 Å². The van der Waals surface area contributed by atoms with Crippen molar-refractivity contribution in [3.8, 4) is 17.2 Å². The highest BCUT2D eigenvalue weighted by molar-refractivity contribution is 14.1. The maximum Gasteiger partial charge on any atom is 0.339 e. The zero-order valence-electron chi connectivity index (χ0n) is 24.0. The third kappa shape index (κ3) is 7.48. The summed E-state index contributed by atoms with van der Waals surface area (Å²) < 4.78 is 43.6. The number of benzene rings is 3. The van der Waals surface area contributed by atoms with E-state index in [1.54, 1.807) is 37.3 Å². The number of imide groups is 1. The number of ether oxygens (including phenoxy) is 2. The number of carbonyl (C=O) groups excluding carboxylic acids is 2. The van der Waals surface area contributed by atoms with Gasteiger partial charge in [0.1, 0.15) is 17.3 Å². The normalized spacial score (nSPS) is 14.6. The third-order valence-electron chi connectivity index (χ3n) is 6.37. The molecule has 0 unspecified atom stereocenters. The first kappa shape index (κ1) is 31.9. The maximum absolute atomic E-state index is 13.1. The highest BCUT2D eigenvalue weighted by Gasteiger charge is 2.35. The minimum atomic E-state index is -4.11. The predicted octanol–water partition coefficient (Wildman–Crippen LogP) is 7.31. The highest BCUT2D eigenvalue weighted by Crippen LogP contribution is 2.39. The van der Waals surface area contributed by atoms with E-state index in [1.807, 2.05) is 54.6 Å². The number of nitrogens with zero attached hydrogens (tertiary/aromatic N) is 1. The lowest BCUT2D eigenvalue weighted by Gasteiger charge is -2.17. The predicted molar refractivity (Wildman–Crippen MR) is 173 cm³/mol. The lowest BCUT2D eigenvalue weighted by molar-refractivity contribution is -0.123. The molecule has 1 fully saturated rings. The molecule has 3 aromatic carbocycles. The second-order valence-electron chi connectivity index (χ2n) is 9.99. The van der Waals surface area contributed by atoms with Crippen molar-refractivity contribution in [1.82, 2.24) is 4.90 Å². The fraction of sp³-hybridized carbons (Fsp3) is 0.290. The second kappa shape index (κ2) is 13.5. The van der Waals surface area contributed by atoms with Gasteiger partial charge in [0, 0.05) is 0 Å². The van der Waals surface area contributed by atoms with Crippen LogP contribution in [-0.4, -0.2) is 44.2 Å². The molecule has 11 heteroatoms. The van der Waals surface area contributed by atoms with E-state index in [0.717, 1.165) is 34.2 Å².